The minimum absolute atomic E-state index is 0.0257. The highest BCUT2D eigenvalue weighted by atomic mass is 35.5. The Hall–Kier alpha value is -3.49. The van der Waals surface area contributed by atoms with Crippen LogP contribution < -0.4 is 10.9 Å². The molecule has 0 bridgehead atoms. The maximum absolute atomic E-state index is 13.7. The van der Waals surface area contributed by atoms with Crippen molar-refractivity contribution >= 4 is 51.8 Å². The zero-order valence-electron chi connectivity index (χ0n) is 19.6. The number of halogens is 1. The van der Waals surface area contributed by atoms with Crippen LogP contribution in [0.4, 0.5) is 5.69 Å². The summed E-state index contributed by atoms with van der Waals surface area (Å²) in [4.78, 5) is 47.3. The van der Waals surface area contributed by atoms with Crippen LogP contribution in [0.2, 0.25) is 5.02 Å². The molecule has 1 amide bonds. The van der Waals surface area contributed by atoms with Gasteiger partial charge in [0, 0.05) is 22.0 Å². The average Bonchev–Trinajstić information content (AvgIpc) is 2.87. The molecular formula is C27H23ClN4O3S. The van der Waals surface area contributed by atoms with Crippen molar-refractivity contribution in [3.05, 3.63) is 86.8 Å². The Morgan fingerprint density at radius 2 is 1.83 bits per heavy atom. The number of carbonyl (C=O) groups is 2. The van der Waals surface area contributed by atoms with E-state index in [0.29, 0.717) is 38.2 Å². The number of nitrogens with one attached hydrogen (secondary N) is 1. The van der Waals surface area contributed by atoms with Gasteiger partial charge in [0.1, 0.15) is 0 Å². The SMILES string of the molecule is CC(=O)c1ccc(NC(=O)CSc2nc3nc4c(cc3c(=O)n2-c2cccc(Cl)c2)CCCC4)cc1. The summed E-state index contributed by atoms with van der Waals surface area (Å²) in [7, 11) is 0. The van der Waals surface area contributed by atoms with Gasteiger partial charge in [0.05, 0.1) is 16.8 Å². The van der Waals surface area contributed by atoms with Crippen LogP contribution in [0.1, 0.15) is 41.4 Å². The van der Waals surface area contributed by atoms with Gasteiger partial charge in [-0.05, 0) is 86.7 Å². The zero-order chi connectivity index (χ0) is 25.2. The zero-order valence-corrected chi connectivity index (χ0v) is 21.2. The second-order valence-electron chi connectivity index (χ2n) is 8.66. The molecule has 0 fully saturated rings. The number of hydrogen-bond acceptors (Lipinski definition) is 6. The first-order valence-electron chi connectivity index (χ1n) is 11.6. The Morgan fingerprint density at radius 3 is 2.58 bits per heavy atom. The Kier molecular flexibility index (Phi) is 6.89. The second kappa shape index (κ2) is 10.2. The number of amides is 1. The van der Waals surface area contributed by atoms with Gasteiger partial charge in [-0.2, -0.15) is 0 Å². The quantitative estimate of drug-likeness (QED) is 0.213. The fourth-order valence-electron chi connectivity index (χ4n) is 4.27. The van der Waals surface area contributed by atoms with Crippen LogP contribution in [0.15, 0.2) is 64.5 Å². The first kappa shape index (κ1) is 24.2. The third-order valence-corrected chi connectivity index (χ3v) is 7.25. The molecule has 1 aliphatic rings. The third kappa shape index (κ3) is 5.05. The Balaban J connectivity index is 1.48. The number of ketones is 1. The molecule has 7 nitrogen and oxygen atoms in total. The molecule has 0 aliphatic heterocycles. The summed E-state index contributed by atoms with van der Waals surface area (Å²) >= 11 is 7.37. The predicted molar refractivity (Wildman–Crippen MR) is 143 cm³/mol. The molecule has 2 heterocycles. The summed E-state index contributed by atoms with van der Waals surface area (Å²) in [5.41, 5.74) is 3.96. The normalized spacial score (nSPS) is 12.8. The number of rotatable bonds is 6. The van der Waals surface area contributed by atoms with Crippen LogP contribution in [0.25, 0.3) is 16.7 Å². The van der Waals surface area contributed by atoms with E-state index in [-0.39, 0.29) is 23.0 Å². The van der Waals surface area contributed by atoms with Crippen molar-refractivity contribution in [3.63, 3.8) is 0 Å². The first-order valence-corrected chi connectivity index (χ1v) is 13.0. The van der Waals surface area contributed by atoms with Crippen LogP contribution in [-0.2, 0) is 17.6 Å². The summed E-state index contributed by atoms with van der Waals surface area (Å²) in [6.45, 7) is 1.49. The molecule has 182 valence electrons. The molecule has 2 aromatic heterocycles. The van der Waals surface area contributed by atoms with E-state index in [9.17, 15) is 14.4 Å². The minimum Gasteiger partial charge on any atom is -0.325 e. The largest absolute Gasteiger partial charge is 0.325 e. The van der Waals surface area contributed by atoms with Gasteiger partial charge in [-0.1, -0.05) is 29.4 Å². The van der Waals surface area contributed by atoms with Gasteiger partial charge in [-0.25, -0.2) is 9.97 Å². The Bertz CT molecular complexity index is 1550. The van der Waals surface area contributed by atoms with Gasteiger partial charge < -0.3 is 5.32 Å². The van der Waals surface area contributed by atoms with Crippen molar-refractivity contribution in [2.24, 2.45) is 0 Å². The number of benzene rings is 2. The van der Waals surface area contributed by atoms with Crippen LogP contribution in [-0.4, -0.2) is 32.0 Å². The van der Waals surface area contributed by atoms with Gasteiger partial charge in [0.2, 0.25) is 5.91 Å². The Morgan fingerprint density at radius 1 is 1.06 bits per heavy atom. The van der Waals surface area contributed by atoms with Gasteiger partial charge in [-0.3, -0.25) is 19.0 Å². The molecule has 9 heteroatoms. The number of thioether (sulfide) groups is 1. The number of hydrogen-bond donors (Lipinski definition) is 1. The van der Waals surface area contributed by atoms with Crippen molar-refractivity contribution in [3.8, 4) is 5.69 Å². The summed E-state index contributed by atoms with van der Waals surface area (Å²) < 4.78 is 1.49. The van der Waals surface area contributed by atoms with Crippen LogP contribution in [0.3, 0.4) is 0 Å². The lowest BCUT2D eigenvalue weighted by atomic mass is 9.95. The van der Waals surface area contributed by atoms with Crippen molar-refractivity contribution in [1.29, 1.82) is 0 Å². The summed E-state index contributed by atoms with van der Waals surface area (Å²) in [6.07, 6.45) is 3.92. The van der Waals surface area contributed by atoms with Crippen LogP contribution >= 0.6 is 23.4 Å². The van der Waals surface area contributed by atoms with Crippen LogP contribution in [0.5, 0.6) is 0 Å². The van der Waals surface area contributed by atoms with Gasteiger partial charge in [-0.15, -0.1) is 0 Å². The lowest BCUT2D eigenvalue weighted by Gasteiger charge is -2.17. The first-order chi connectivity index (χ1) is 17.4. The average molecular weight is 519 g/mol. The van der Waals surface area contributed by atoms with E-state index in [1.54, 1.807) is 48.5 Å². The monoisotopic (exact) mass is 518 g/mol. The number of aryl methyl sites for hydroxylation is 2. The lowest BCUT2D eigenvalue weighted by molar-refractivity contribution is -0.113. The fourth-order valence-corrected chi connectivity index (χ4v) is 5.25. The van der Waals surface area contributed by atoms with Crippen molar-refractivity contribution < 1.29 is 9.59 Å². The third-order valence-electron chi connectivity index (χ3n) is 6.08. The Labute approximate surface area is 216 Å². The number of pyridine rings is 1. The molecule has 0 atom stereocenters. The lowest BCUT2D eigenvalue weighted by Crippen LogP contribution is -2.24. The number of fused-ring (bicyclic) bond motifs is 2. The molecule has 1 N–H and O–H groups in total. The predicted octanol–water partition coefficient (Wildman–Crippen LogP) is 5.25. The topological polar surface area (TPSA) is 94.0 Å². The molecule has 4 aromatic rings. The number of anilines is 1. The molecule has 0 saturated heterocycles. The van der Waals surface area contributed by atoms with E-state index in [4.69, 9.17) is 21.6 Å². The second-order valence-corrected chi connectivity index (χ2v) is 10.0. The van der Waals surface area contributed by atoms with Crippen molar-refractivity contribution in [2.75, 3.05) is 11.1 Å². The van der Waals surface area contributed by atoms with Gasteiger partial charge in [0.25, 0.3) is 5.56 Å². The van der Waals surface area contributed by atoms with E-state index >= 15 is 0 Å². The molecular weight excluding hydrogens is 496 g/mol. The molecule has 2 aromatic carbocycles. The molecule has 0 spiro atoms. The highest BCUT2D eigenvalue weighted by Gasteiger charge is 2.19. The van der Waals surface area contributed by atoms with E-state index < -0.39 is 0 Å². The minimum atomic E-state index is -0.263. The van der Waals surface area contributed by atoms with E-state index in [1.807, 2.05) is 6.07 Å². The number of carbonyl (C=O) groups excluding carboxylic acids is 2. The number of Topliss-reactive ketones (excluding diaryl/α,β-unsaturated/α-hetero) is 1. The highest BCUT2D eigenvalue weighted by molar-refractivity contribution is 7.99. The van der Waals surface area contributed by atoms with Gasteiger partial charge in [0.15, 0.2) is 16.6 Å². The maximum Gasteiger partial charge on any atom is 0.268 e. The van der Waals surface area contributed by atoms with E-state index in [2.05, 4.69) is 5.32 Å². The summed E-state index contributed by atoms with van der Waals surface area (Å²) in [5.74, 6) is -0.279. The highest BCUT2D eigenvalue weighted by Crippen LogP contribution is 2.26. The number of aromatic nitrogens is 3. The smallest absolute Gasteiger partial charge is 0.268 e. The fraction of sp³-hybridized carbons (Fsp3) is 0.222. The molecule has 0 radical (unpaired) electrons. The standard InChI is InChI=1S/C27H23ClN4O3S/c1-16(33)17-9-11-20(12-10-17)29-24(34)15-36-27-31-25-22(13-18-5-2-3-8-23(18)30-25)26(35)32(27)21-7-4-6-19(28)14-21/h4,6-7,9-14H,2-3,5,8,15H2,1H3,(H,29,34). The van der Waals surface area contributed by atoms with Crippen molar-refractivity contribution in [1.82, 2.24) is 14.5 Å². The number of nitrogens with zero attached hydrogens (tertiary/aromatic N) is 3. The van der Waals surface area contributed by atoms with Crippen LogP contribution in [0, 0.1) is 0 Å². The summed E-state index contributed by atoms with van der Waals surface area (Å²) in [5, 5.41) is 4.12. The molecule has 5 rings (SSSR count). The molecule has 0 saturated carbocycles. The maximum atomic E-state index is 13.7. The molecule has 36 heavy (non-hydrogen) atoms. The molecule has 0 unspecified atom stereocenters. The summed E-state index contributed by atoms with van der Waals surface area (Å²) in [6, 6.07) is 15.6. The molecule has 1 aliphatic carbocycles. The van der Waals surface area contributed by atoms with E-state index in [0.717, 1.165) is 48.7 Å². The van der Waals surface area contributed by atoms with Gasteiger partial charge >= 0.3 is 0 Å². The van der Waals surface area contributed by atoms with E-state index in [1.165, 1.54) is 11.5 Å². The van der Waals surface area contributed by atoms with Crippen molar-refractivity contribution in [2.45, 2.75) is 37.8 Å².